The molecule has 0 fully saturated rings. The highest BCUT2D eigenvalue weighted by Crippen LogP contribution is 2.35. The third kappa shape index (κ3) is 10.3. The van der Waals surface area contributed by atoms with E-state index in [2.05, 4.69) is 46.5 Å². The van der Waals surface area contributed by atoms with Gasteiger partial charge in [0.25, 0.3) is 0 Å². The van der Waals surface area contributed by atoms with Crippen LogP contribution >= 0.6 is 0 Å². The molecule has 0 aliphatic carbocycles. The number of carbonyl (C=O) groups excluding carboxylic acids is 1. The van der Waals surface area contributed by atoms with Crippen LogP contribution in [0.3, 0.4) is 0 Å². The molecule has 18 heavy (non-hydrogen) atoms. The zero-order chi connectivity index (χ0) is 14.2. The van der Waals surface area contributed by atoms with Gasteiger partial charge >= 0.3 is 0 Å². The van der Waals surface area contributed by atoms with Crippen molar-refractivity contribution in [3.05, 3.63) is 12.7 Å². The Kier molecular flexibility index (Phi) is 7.22. The van der Waals surface area contributed by atoms with Crippen LogP contribution in [0.25, 0.3) is 0 Å². The third-order valence-corrected chi connectivity index (χ3v) is 2.66. The van der Waals surface area contributed by atoms with E-state index in [1.54, 1.807) is 0 Å². The van der Waals surface area contributed by atoms with Crippen molar-refractivity contribution in [2.24, 2.45) is 10.8 Å². The summed E-state index contributed by atoms with van der Waals surface area (Å²) >= 11 is 0. The molecule has 0 spiro atoms. The highest BCUT2D eigenvalue weighted by atomic mass is 16.5. The Morgan fingerprint density at radius 1 is 1.22 bits per heavy atom. The first-order valence-corrected chi connectivity index (χ1v) is 6.64. The van der Waals surface area contributed by atoms with Crippen molar-refractivity contribution in [1.29, 1.82) is 0 Å². The number of nitrogens with one attached hydrogen (secondary N) is 1. The summed E-state index contributed by atoms with van der Waals surface area (Å²) in [6, 6.07) is 0. The van der Waals surface area contributed by atoms with Crippen LogP contribution in [0.2, 0.25) is 0 Å². The highest BCUT2D eigenvalue weighted by molar-refractivity contribution is 5.86. The molecular weight excluding hydrogens is 226 g/mol. The Morgan fingerprint density at radius 2 is 1.83 bits per heavy atom. The standard InChI is InChI=1S/C15H29NO2/c1-7-13(17)16-9-11-18-10-8-15(5,6)12-14(2,3)4/h7H,1,8-12H2,2-6H3,(H,16,17). The zero-order valence-electron chi connectivity index (χ0n) is 12.6. The quantitative estimate of drug-likeness (QED) is 0.534. The molecule has 0 saturated heterocycles. The molecule has 0 atom stereocenters. The molecule has 1 amide bonds. The molecule has 1 N–H and O–H groups in total. The van der Waals surface area contributed by atoms with E-state index in [0.717, 1.165) is 13.0 Å². The van der Waals surface area contributed by atoms with E-state index in [1.165, 1.54) is 12.5 Å². The van der Waals surface area contributed by atoms with Gasteiger partial charge in [-0.25, -0.2) is 0 Å². The molecule has 0 rings (SSSR count). The van der Waals surface area contributed by atoms with E-state index in [4.69, 9.17) is 4.74 Å². The highest BCUT2D eigenvalue weighted by Gasteiger charge is 2.24. The maximum Gasteiger partial charge on any atom is 0.243 e. The van der Waals surface area contributed by atoms with Crippen LogP contribution in [0.15, 0.2) is 12.7 Å². The molecule has 0 aromatic carbocycles. The van der Waals surface area contributed by atoms with Crippen LogP contribution in [-0.4, -0.2) is 25.7 Å². The van der Waals surface area contributed by atoms with Crippen molar-refractivity contribution in [2.75, 3.05) is 19.8 Å². The van der Waals surface area contributed by atoms with Gasteiger partial charge in [-0.05, 0) is 29.7 Å². The SMILES string of the molecule is C=CC(=O)NCCOCCC(C)(C)CC(C)(C)C. The molecule has 0 aromatic rings. The Hall–Kier alpha value is -0.830. The molecule has 0 saturated carbocycles. The average molecular weight is 255 g/mol. The lowest BCUT2D eigenvalue weighted by atomic mass is 9.75. The van der Waals surface area contributed by atoms with Crippen molar-refractivity contribution in [3.8, 4) is 0 Å². The minimum Gasteiger partial charge on any atom is -0.380 e. The lowest BCUT2D eigenvalue weighted by Gasteiger charge is -2.32. The molecule has 0 aromatic heterocycles. The first-order valence-electron chi connectivity index (χ1n) is 6.64. The predicted octanol–water partition coefficient (Wildman–Crippen LogP) is 3.16. The average Bonchev–Trinajstić information content (AvgIpc) is 2.19. The molecule has 0 aliphatic rings. The minimum atomic E-state index is -0.147. The number of amides is 1. The second-order valence-electron chi connectivity index (χ2n) is 6.76. The van der Waals surface area contributed by atoms with Gasteiger partial charge in [0.1, 0.15) is 0 Å². The van der Waals surface area contributed by atoms with E-state index in [9.17, 15) is 4.79 Å². The van der Waals surface area contributed by atoms with Crippen molar-refractivity contribution in [1.82, 2.24) is 5.32 Å². The van der Waals surface area contributed by atoms with E-state index >= 15 is 0 Å². The zero-order valence-corrected chi connectivity index (χ0v) is 12.6. The molecule has 0 radical (unpaired) electrons. The van der Waals surface area contributed by atoms with Crippen LogP contribution in [-0.2, 0) is 9.53 Å². The van der Waals surface area contributed by atoms with Gasteiger partial charge in [0, 0.05) is 13.2 Å². The minimum absolute atomic E-state index is 0.147. The summed E-state index contributed by atoms with van der Waals surface area (Å²) in [5, 5.41) is 2.69. The summed E-state index contributed by atoms with van der Waals surface area (Å²) in [4.78, 5) is 10.9. The van der Waals surface area contributed by atoms with Crippen LogP contribution < -0.4 is 5.32 Å². The fraction of sp³-hybridized carbons (Fsp3) is 0.800. The van der Waals surface area contributed by atoms with Gasteiger partial charge in [-0.15, -0.1) is 0 Å². The van der Waals surface area contributed by atoms with Crippen molar-refractivity contribution in [3.63, 3.8) is 0 Å². The number of rotatable bonds is 8. The van der Waals surface area contributed by atoms with Gasteiger partial charge in [-0.1, -0.05) is 41.2 Å². The third-order valence-electron chi connectivity index (χ3n) is 2.66. The Bertz CT molecular complexity index is 264. The molecule has 106 valence electrons. The number of hydrogen-bond donors (Lipinski definition) is 1. The van der Waals surface area contributed by atoms with Gasteiger partial charge in [0.05, 0.1) is 6.61 Å². The van der Waals surface area contributed by atoms with Crippen molar-refractivity contribution >= 4 is 5.91 Å². The number of carbonyl (C=O) groups is 1. The molecular formula is C15H29NO2. The second-order valence-corrected chi connectivity index (χ2v) is 6.76. The lowest BCUT2D eigenvalue weighted by molar-refractivity contribution is -0.116. The van der Waals surface area contributed by atoms with Crippen molar-refractivity contribution < 1.29 is 9.53 Å². The monoisotopic (exact) mass is 255 g/mol. The molecule has 0 heterocycles. The lowest BCUT2D eigenvalue weighted by Crippen LogP contribution is -2.26. The van der Waals surface area contributed by atoms with Gasteiger partial charge in [-0.3, -0.25) is 4.79 Å². The largest absolute Gasteiger partial charge is 0.380 e. The fourth-order valence-electron chi connectivity index (χ4n) is 2.29. The van der Waals surface area contributed by atoms with Crippen LogP contribution in [0.1, 0.15) is 47.5 Å². The summed E-state index contributed by atoms with van der Waals surface area (Å²) in [6.45, 7) is 16.6. The van der Waals surface area contributed by atoms with Gasteiger partial charge in [0.15, 0.2) is 0 Å². The van der Waals surface area contributed by atoms with E-state index < -0.39 is 0 Å². The number of hydrogen-bond acceptors (Lipinski definition) is 2. The molecule has 3 heteroatoms. The topological polar surface area (TPSA) is 38.3 Å². The van der Waals surface area contributed by atoms with Gasteiger partial charge < -0.3 is 10.1 Å². The van der Waals surface area contributed by atoms with Crippen LogP contribution in [0.5, 0.6) is 0 Å². The summed E-state index contributed by atoms with van der Waals surface area (Å²) < 4.78 is 5.53. The van der Waals surface area contributed by atoms with Crippen molar-refractivity contribution in [2.45, 2.75) is 47.5 Å². The Morgan fingerprint density at radius 3 is 2.33 bits per heavy atom. The van der Waals surface area contributed by atoms with Crippen LogP contribution in [0.4, 0.5) is 0 Å². The first-order chi connectivity index (χ1) is 8.16. The van der Waals surface area contributed by atoms with E-state index in [0.29, 0.717) is 24.0 Å². The second kappa shape index (κ2) is 7.57. The molecule has 0 unspecified atom stereocenters. The predicted molar refractivity (Wildman–Crippen MR) is 76.5 cm³/mol. The van der Waals surface area contributed by atoms with Crippen LogP contribution in [0, 0.1) is 10.8 Å². The fourth-order valence-corrected chi connectivity index (χ4v) is 2.29. The van der Waals surface area contributed by atoms with E-state index in [1.807, 2.05) is 0 Å². The summed E-state index contributed by atoms with van der Waals surface area (Å²) in [5.74, 6) is -0.147. The summed E-state index contributed by atoms with van der Waals surface area (Å²) in [7, 11) is 0. The maximum atomic E-state index is 10.9. The molecule has 0 bridgehead atoms. The normalized spacial score (nSPS) is 12.3. The summed E-state index contributed by atoms with van der Waals surface area (Å²) in [5.41, 5.74) is 0.643. The number of ether oxygens (including phenoxy) is 1. The van der Waals surface area contributed by atoms with Gasteiger partial charge in [-0.2, -0.15) is 0 Å². The molecule has 3 nitrogen and oxygen atoms in total. The van der Waals surface area contributed by atoms with Gasteiger partial charge in [0.2, 0.25) is 5.91 Å². The van der Waals surface area contributed by atoms with E-state index in [-0.39, 0.29) is 5.91 Å². The molecule has 0 aliphatic heterocycles. The Balaban J connectivity index is 3.65. The maximum absolute atomic E-state index is 10.9. The summed E-state index contributed by atoms with van der Waals surface area (Å²) in [6.07, 6.45) is 3.49. The first kappa shape index (κ1) is 17.2. The smallest absolute Gasteiger partial charge is 0.243 e. The Labute approximate surface area is 112 Å².